The lowest BCUT2D eigenvalue weighted by Crippen LogP contribution is -2.27. The second kappa shape index (κ2) is 4.74. The summed E-state index contributed by atoms with van der Waals surface area (Å²) in [6, 6.07) is 0. The SMILES string of the molecule is O=C(O)CCCCC(F)(F)C(=O)O. The summed E-state index contributed by atoms with van der Waals surface area (Å²) in [5.74, 6) is -6.97. The summed E-state index contributed by atoms with van der Waals surface area (Å²) in [6.45, 7) is 0. The minimum absolute atomic E-state index is 0.0677. The highest BCUT2D eigenvalue weighted by Gasteiger charge is 2.37. The van der Waals surface area contributed by atoms with Crippen molar-refractivity contribution >= 4 is 11.9 Å². The fourth-order valence-corrected chi connectivity index (χ4v) is 0.730. The van der Waals surface area contributed by atoms with Crippen LogP contribution in [0.15, 0.2) is 0 Å². The molecule has 0 aromatic carbocycles. The Morgan fingerprint density at radius 1 is 1.15 bits per heavy atom. The van der Waals surface area contributed by atoms with Crippen molar-refractivity contribution in [2.75, 3.05) is 0 Å². The maximum Gasteiger partial charge on any atom is 0.374 e. The molecule has 0 aliphatic carbocycles. The van der Waals surface area contributed by atoms with Crippen LogP contribution >= 0.6 is 0 Å². The zero-order valence-corrected chi connectivity index (χ0v) is 6.80. The number of hydrogen-bond acceptors (Lipinski definition) is 2. The van der Waals surface area contributed by atoms with Crippen molar-refractivity contribution in [2.24, 2.45) is 0 Å². The molecule has 0 unspecified atom stereocenters. The summed E-state index contributed by atoms with van der Waals surface area (Å²) in [5.41, 5.74) is 0. The van der Waals surface area contributed by atoms with E-state index in [2.05, 4.69) is 0 Å². The van der Waals surface area contributed by atoms with Crippen molar-refractivity contribution in [1.29, 1.82) is 0 Å². The maximum atomic E-state index is 12.3. The van der Waals surface area contributed by atoms with Crippen molar-refractivity contribution in [3.63, 3.8) is 0 Å². The van der Waals surface area contributed by atoms with Crippen LogP contribution in [0.4, 0.5) is 8.78 Å². The average molecular weight is 196 g/mol. The van der Waals surface area contributed by atoms with Crippen LogP contribution in [-0.4, -0.2) is 28.1 Å². The normalized spacial score (nSPS) is 11.2. The summed E-state index contributed by atoms with van der Waals surface area (Å²) in [4.78, 5) is 19.8. The third-order valence-corrected chi connectivity index (χ3v) is 1.44. The van der Waals surface area contributed by atoms with Crippen molar-refractivity contribution in [3.8, 4) is 0 Å². The van der Waals surface area contributed by atoms with Crippen LogP contribution in [0.25, 0.3) is 0 Å². The van der Waals surface area contributed by atoms with E-state index in [1.807, 2.05) is 0 Å². The van der Waals surface area contributed by atoms with Crippen LogP contribution in [0.2, 0.25) is 0 Å². The smallest absolute Gasteiger partial charge is 0.374 e. The lowest BCUT2D eigenvalue weighted by molar-refractivity contribution is -0.165. The minimum atomic E-state index is -3.74. The molecule has 0 fully saturated rings. The number of hydrogen-bond donors (Lipinski definition) is 2. The Balaban J connectivity index is 3.64. The van der Waals surface area contributed by atoms with E-state index in [-0.39, 0.29) is 19.3 Å². The van der Waals surface area contributed by atoms with Gasteiger partial charge in [0.05, 0.1) is 0 Å². The standard InChI is InChI=1S/C7H10F2O4/c8-7(9,6(12)13)4-2-1-3-5(10)11/h1-4H2,(H,10,11)(H,12,13). The second-order valence-corrected chi connectivity index (χ2v) is 2.61. The first-order valence-corrected chi connectivity index (χ1v) is 3.69. The van der Waals surface area contributed by atoms with Gasteiger partial charge < -0.3 is 10.2 Å². The van der Waals surface area contributed by atoms with E-state index in [0.29, 0.717) is 0 Å². The van der Waals surface area contributed by atoms with E-state index in [1.54, 1.807) is 0 Å². The molecule has 0 bridgehead atoms. The molecular weight excluding hydrogens is 186 g/mol. The lowest BCUT2D eigenvalue weighted by atomic mass is 10.1. The number of carboxylic acid groups (broad SMARTS) is 2. The Hall–Kier alpha value is -1.20. The molecular formula is C7H10F2O4. The largest absolute Gasteiger partial charge is 0.481 e. The number of halogens is 2. The highest BCUT2D eigenvalue weighted by Crippen LogP contribution is 2.21. The van der Waals surface area contributed by atoms with Crippen LogP contribution in [-0.2, 0) is 9.59 Å². The summed E-state index contributed by atoms with van der Waals surface area (Å²) in [6.07, 6.45) is -1.06. The molecule has 0 heterocycles. The number of carbonyl (C=O) groups is 2. The van der Waals surface area contributed by atoms with E-state index in [0.717, 1.165) is 0 Å². The molecule has 0 aromatic rings. The van der Waals surface area contributed by atoms with Crippen LogP contribution < -0.4 is 0 Å². The van der Waals surface area contributed by atoms with Crippen molar-refractivity contribution in [3.05, 3.63) is 0 Å². The van der Waals surface area contributed by atoms with Gasteiger partial charge in [-0.1, -0.05) is 0 Å². The van der Waals surface area contributed by atoms with Gasteiger partial charge in [-0.3, -0.25) is 4.79 Å². The maximum absolute atomic E-state index is 12.3. The van der Waals surface area contributed by atoms with E-state index in [9.17, 15) is 18.4 Å². The first-order chi connectivity index (χ1) is 5.86. The van der Waals surface area contributed by atoms with Gasteiger partial charge in [-0.2, -0.15) is 8.78 Å². The van der Waals surface area contributed by atoms with Crippen molar-refractivity contribution in [2.45, 2.75) is 31.6 Å². The van der Waals surface area contributed by atoms with E-state index in [1.165, 1.54) is 0 Å². The Morgan fingerprint density at radius 2 is 1.69 bits per heavy atom. The van der Waals surface area contributed by atoms with Gasteiger partial charge in [-0.05, 0) is 12.8 Å². The van der Waals surface area contributed by atoms with Crippen molar-refractivity contribution in [1.82, 2.24) is 0 Å². The van der Waals surface area contributed by atoms with Crippen LogP contribution in [0.5, 0.6) is 0 Å². The molecule has 0 amide bonds. The molecule has 0 aliphatic heterocycles. The average Bonchev–Trinajstić information content (AvgIpc) is 1.97. The first kappa shape index (κ1) is 11.8. The molecule has 0 saturated carbocycles. The Bertz CT molecular complexity index is 203. The number of carboxylic acids is 2. The minimum Gasteiger partial charge on any atom is -0.481 e. The predicted octanol–water partition coefficient (Wildman–Crippen LogP) is 1.35. The zero-order chi connectivity index (χ0) is 10.5. The highest BCUT2D eigenvalue weighted by molar-refractivity contribution is 5.75. The third-order valence-electron chi connectivity index (χ3n) is 1.44. The summed E-state index contributed by atoms with van der Waals surface area (Å²) >= 11 is 0. The molecule has 2 N–H and O–H groups in total. The number of rotatable bonds is 6. The quantitative estimate of drug-likeness (QED) is 0.629. The van der Waals surface area contributed by atoms with Crippen LogP contribution in [0.1, 0.15) is 25.7 Å². The van der Waals surface area contributed by atoms with Crippen LogP contribution in [0.3, 0.4) is 0 Å². The molecule has 0 aliphatic rings. The summed E-state index contributed by atoms with van der Waals surface area (Å²) in [7, 11) is 0. The van der Waals surface area contributed by atoms with Gasteiger partial charge in [0.15, 0.2) is 0 Å². The molecule has 76 valence electrons. The van der Waals surface area contributed by atoms with Gasteiger partial charge >= 0.3 is 17.9 Å². The first-order valence-electron chi connectivity index (χ1n) is 3.69. The third kappa shape index (κ3) is 5.10. The summed E-state index contributed by atoms with van der Waals surface area (Å²) in [5, 5.41) is 16.1. The number of unbranched alkanes of at least 4 members (excludes halogenated alkanes) is 1. The molecule has 6 heteroatoms. The van der Waals surface area contributed by atoms with Gasteiger partial charge in [-0.15, -0.1) is 0 Å². The molecule has 4 nitrogen and oxygen atoms in total. The fraction of sp³-hybridized carbons (Fsp3) is 0.714. The Morgan fingerprint density at radius 3 is 2.08 bits per heavy atom. The van der Waals surface area contributed by atoms with Gasteiger partial charge in [0.2, 0.25) is 0 Å². The van der Waals surface area contributed by atoms with Gasteiger partial charge in [0.25, 0.3) is 0 Å². The Kier molecular flexibility index (Phi) is 4.30. The zero-order valence-electron chi connectivity index (χ0n) is 6.80. The molecule has 0 aromatic heterocycles. The molecule has 13 heavy (non-hydrogen) atoms. The highest BCUT2D eigenvalue weighted by atomic mass is 19.3. The van der Waals surface area contributed by atoms with Crippen molar-refractivity contribution < 1.29 is 28.6 Å². The van der Waals surface area contributed by atoms with E-state index >= 15 is 0 Å². The topological polar surface area (TPSA) is 74.6 Å². The predicted molar refractivity (Wildman–Crippen MR) is 38.7 cm³/mol. The monoisotopic (exact) mass is 196 g/mol. The molecule has 0 atom stereocenters. The molecule has 0 spiro atoms. The second-order valence-electron chi connectivity index (χ2n) is 2.61. The fourth-order valence-electron chi connectivity index (χ4n) is 0.730. The molecule has 0 radical (unpaired) electrons. The van der Waals surface area contributed by atoms with E-state index < -0.39 is 24.3 Å². The lowest BCUT2D eigenvalue weighted by Gasteiger charge is -2.09. The van der Waals surface area contributed by atoms with E-state index in [4.69, 9.17) is 10.2 Å². The number of alkyl halides is 2. The summed E-state index contributed by atoms with van der Waals surface area (Å²) < 4.78 is 24.6. The van der Waals surface area contributed by atoms with Gasteiger partial charge in [0.1, 0.15) is 0 Å². The Labute approximate surface area is 73.2 Å². The van der Waals surface area contributed by atoms with Gasteiger partial charge in [-0.25, -0.2) is 4.79 Å². The van der Waals surface area contributed by atoms with Gasteiger partial charge in [0, 0.05) is 12.8 Å². The molecule has 0 rings (SSSR count). The van der Waals surface area contributed by atoms with Crippen LogP contribution in [0, 0.1) is 0 Å². The number of aliphatic carboxylic acids is 2. The molecule has 0 saturated heterocycles.